The summed E-state index contributed by atoms with van der Waals surface area (Å²) in [6.07, 6.45) is -100. The zero-order chi connectivity index (χ0) is 95.0. The predicted octanol–water partition coefficient (Wildman–Crippen LogP) is -22.4. The number of ether oxygens (including phenoxy) is 18. The van der Waals surface area contributed by atoms with E-state index in [1.54, 1.807) is 0 Å². The van der Waals surface area contributed by atoms with E-state index in [9.17, 15) is 177 Å². The van der Waals surface area contributed by atoms with Crippen LogP contribution in [-0.2, 0) is 109 Å². The Morgan fingerprint density at radius 3 is 1.19 bits per heavy atom. The summed E-state index contributed by atoms with van der Waals surface area (Å²) in [5, 5.41) is 342. The summed E-state index contributed by atoms with van der Waals surface area (Å²) in [7, 11) is 0. The second-order valence-corrected chi connectivity index (χ2v) is 32.1. The van der Waals surface area contributed by atoms with Gasteiger partial charge < -0.3 is 260 Å². The normalized spacial score (nSPS) is 45.8. The first-order valence-corrected chi connectivity index (χ1v) is 40.6. The van der Waals surface area contributed by atoms with Crippen LogP contribution in [0.15, 0.2) is 0 Å². The Hall–Kier alpha value is -4.53. The summed E-state index contributed by atoms with van der Waals surface area (Å²) in [6.45, 7) is -7.44. The molecule has 0 aromatic carbocycles. The van der Waals surface area contributed by atoms with Gasteiger partial charge in [-0.15, -0.1) is 0 Å². The minimum Gasteiger partial charge on any atom is -0.477 e. The fourth-order valence-electron chi connectivity index (χ4n) is 16.2. The SMILES string of the molecule is CC(=O)N[C@H]1[C@H](O[C@H]2[C@@H](O)[C@@H](CO)O[C@@H](O[C@H]3[C@H](O)[C@@H](NC(C)=O)[C@H](OC[C@H]4O[C@@H](O[C@@H]([C@H](O)[C@@H](O)CO)[C@H](O)CO)[C@H](O)[C@@H](O[C@@H]5O[C@H](CO)[C@@H](O[C@@H]6O[C@@H](C)[C@@H](O)[C@@H](O)[C@@H]6O)[C@H](O[C@@H]6O[C@H](CO)[C@H](O)[C@H](O[C@]7(C(=O)O)C[C@H](O)[C@@H](NC(C)=O)[C@H]([C@H](O)[C@H](O)CO)O7)[C@H]6O)[C@H]5NC(C)=O)[C@H]4O)O[C@@H]3CO)[C@@H]2O)O[C@H](CO)[C@@H](O[C@@H]2O[C@H](CO)[C@H](O)[C@H](O)[C@H]2O)[C@@H]1O. The van der Waals surface area contributed by atoms with E-state index in [1.165, 1.54) is 6.92 Å². The van der Waals surface area contributed by atoms with E-state index in [2.05, 4.69) is 21.3 Å². The van der Waals surface area contributed by atoms with Crippen LogP contribution >= 0.6 is 0 Å². The monoisotopic (exact) mass is 1880 g/mol. The number of carbonyl (C=O) groups excluding carboxylic acids is 4. The molecule has 57 nitrogen and oxygen atoms in total. The van der Waals surface area contributed by atoms with Gasteiger partial charge in [0.15, 0.2) is 50.3 Å². The standard InChI is InChI=1S/C71H120N4O53/c1-17-37(93)46(102)48(104)65(112-17)123-56-31(15-84)118-64(36(75-21(5)88)58(56)124-69-52(108)61(42(98)28(12-81)115-69)128-71(70(109)110)6-22(89)33(72-18(2)85)57(127-71)39(95)24(91)8-77)126-60-43(99)32(119-68(51(60)107)120-53(25(92)9-78)38(94)23(90)7-76)16-111-62-34(73-19(3)86)44(100)54(29(13-82)116-62)122-67-50(106)59(41(97)27(11-80)114-67)125-63-35(74-20(4)87)45(101)55(30(14-83)117-63)121-66-49(105)47(103)40(96)26(10-79)113-66/h17,22-69,76-84,89-108H,6-16H2,1-5H3,(H,72,85)(H,73,86)(H,74,87)(H,75,88)(H,109,110)/t17-,22-,23-,24+,25+,26+,27+,28+,29+,30+,31+,32+,33+,34+,35+,36+,37+,38+,39+,40-,41-,42-,43-,44+,45+,46+,47-,48-,49+,50+,51+,52+,53+,54+,55+,56+,57+,58+,59-,60-,61-,62+,63-,64-,65-,66-,67-,68-,69-,71-/m0/s1. The van der Waals surface area contributed by atoms with Crippen molar-refractivity contribution in [1.82, 2.24) is 21.3 Å². The van der Waals surface area contributed by atoms with Gasteiger partial charge >= 0.3 is 5.97 Å². The average molecular weight is 1880 g/mol. The third kappa shape index (κ3) is 23.9. The Kier molecular flexibility index (Phi) is 39.2. The van der Waals surface area contributed by atoms with E-state index < -0.39 is 408 Å². The maximum Gasteiger partial charge on any atom is 0.364 e. The lowest BCUT2D eigenvalue weighted by atomic mass is 9.88. The molecule has 0 aliphatic carbocycles. The van der Waals surface area contributed by atoms with Crippen LogP contribution in [0.25, 0.3) is 0 Å². The number of aliphatic hydroxyl groups is 29. The highest BCUT2D eigenvalue weighted by Gasteiger charge is 2.64. The van der Waals surface area contributed by atoms with Gasteiger partial charge in [-0.2, -0.15) is 0 Å². The maximum atomic E-state index is 13.8. The van der Waals surface area contributed by atoms with Crippen molar-refractivity contribution in [2.24, 2.45) is 0 Å². The van der Waals surface area contributed by atoms with Crippen molar-refractivity contribution in [2.75, 3.05) is 66.1 Å². The van der Waals surface area contributed by atoms with Gasteiger partial charge in [-0.05, 0) is 6.92 Å². The van der Waals surface area contributed by atoms with Gasteiger partial charge in [0.1, 0.15) is 232 Å². The molecule has 4 amide bonds. The second-order valence-electron chi connectivity index (χ2n) is 32.1. The Morgan fingerprint density at radius 1 is 0.352 bits per heavy atom. The number of rotatable bonds is 38. The molecule has 9 aliphatic heterocycles. The topological polar surface area (TPSA) is 907 Å². The zero-order valence-corrected chi connectivity index (χ0v) is 68.9. The average Bonchev–Trinajstić information content (AvgIpc) is 0.753. The first-order chi connectivity index (χ1) is 60.3. The number of aliphatic carboxylic acids is 1. The molecule has 0 spiro atoms. The number of amides is 4. The van der Waals surface area contributed by atoms with Crippen molar-refractivity contribution in [2.45, 2.75) is 347 Å². The Morgan fingerprint density at radius 2 is 0.711 bits per heavy atom. The molecule has 9 rings (SSSR count). The van der Waals surface area contributed by atoms with E-state index in [1.807, 2.05) is 0 Å². The third-order valence-corrected chi connectivity index (χ3v) is 23.0. The summed E-state index contributed by atoms with van der Waals surface area (Å²) in [5.41, 5.74) is 0. The minimum atomic E-state index is -3.41. The van der Waals surface area contributed by atoms with Crippen LogP contribution in [0, 0.1) is 0 Å². The van der Waals surface area contributed by atoms with E-state index in [-0.39, 0.29) is 0 Å². The first-order valence-electron chi connectivity index (χ1n) is 40.6. The lowest BCUT2D eigenvalue weighted by Crippen LogP contribution is -2.72. The smallest absolute Gasteiger partial charge is 0.364 e. The lowest BCUT2D eigenvalue weighted by Gasteiger charge is -2.52. The third-order valence-electron chi connectivity index (χ3n) is 23.0. The Labute approximate surface area is 724 Å². The van der Waals surface area contributed by atoms with Crippen LogP contribution in [0.3, 0.4) is 0 Å². The van der Waals surface area contributed by atoms with Crippen LogP contribution in [0.2, 0.25) is 0 Å². The molecule has 34 N–H and O–H groups in total. The Bertz CT molecular complexity index is 3480. The van der Waals surface area contributed by atoms with Crippen LogP contribution in [-0.4, -0.2) is 555 Å². The van der Waals surface area contributed by atoms with Crippen LogP contribution in [0.4, 0.5) is 0 Å². The number of carbonyl (C=O) groups is 5. The van der Waals surface area contributed by atoms with E-state index in [4.69, 9.17) is 85.3 Å². The molecule has 9 aliphatic rings. The number of carboxylic acid groups (broad SMARTS) is 1. The molecule has 0 saturated carbocycles. The molecule has 128 heavy (non-hydrogen) atoms. The molecule has 742 valence electrons. The molecule has 57 heteroatoms. The molecule has 0 radical (unpaired) electrons. The summed E-state index contributed by atoms with van der Waals surface area (Å²) in [6, 6.07) is -7.95. The summed E-state index contributed by atoms with van der Waals surface area (Å²) < 4.78 is 107. The molecule has 9 saturated heterocycles. The molecule has 0 bridgehead atoms. The minimum absolute atomic E-state index is 0.823. The van der Waals surface area contributed by atoms with Crippen molar-refractivity contribution >= 4 is 29.6 Å². The highest BCUT2D eigenvalue weighted by Crippen LogP contribution is 2.43. The highest BCUT2D eigenvalue weighted by molar-refractivity contribution is 5.77. The van der Waals surface area contributed by atoms with Gasteiger partial charge in [0.05, 0.1) is 84.3 Å². The van der Waals surface area contributed by atoms with Gasteiger partial charge in [0.25, 0.3) is 5.79 Å². The number of hydrogen-bond acceptors (Lipinski definition) is 52. The number of carboxylic acids is 1. The van der Waals surface area contributed by atoms with Gasteiger partial charge in [-0.3, -0.25) is 19.2 Å². The molecule has 0 aromatic rings. The summed E-state index contributed by atoms with van der Waals surface area (Å²) >= 11 is 0. The lowest BCUT2D eigenvalue weighted by molar-refractivity contribution is -0.398. The number of aliphatic hydroxyl groups excluding tert-OH is 29. The largest absolute Gasteiger partial charge is 0.477 e. The van der Waals surface area contributed by atoms with E-state index in [0.717, 1.165) is 27.7 Å². The molecular weight excluding hydrogens is 1760 g/mol. The summed E-state index contributed by atoms with van der Waals surface area (Å²) in [5.74, 6) is -9.63. The fraction of sp³-hybridized carbons (Fsp3) is 0.930. The molecule has 0 unspecified atom stereocenters. The molecule has 9 fully saturated rings. The van der Waals surface area contributed by atoms with Crippen LogP contribution < -0.4 is 21.3 Å². The molecule has 0 aromatic heterocycles. The van der Waals surface area contributed by atoms with Crippen LogP contribution in [0.1, 0.15) is 41.0 Å². The van der Waals surface area contributed by atoms with Gasteiger partial charge in [-0.1, -0.05) is 0 Å². The molecular formula is C71H120N4O53. The predicted molar refractivity (Wildman–Crippen MR) is 394 cm³/mol. The van der Waals surface area contributed by atoms with Crippen molar-refractivity contribution in [3.63, 3.8) is 0 Å². The Balaban J connectivity index is 1.03. The summed E-state index contributed by atoms with van der Waals surface area (Å²) in [4.78, 5) is 65.6. The number of hydrogen-bond donors (Lipinski definition) is 34. The van der Waals surface area contributed by atoms with Crippen LogP contribution in [0.5, 0.6) is 0 Å². The zero-order valence-electron chi connectivity index (χ0n) is 68.9. The first kappa shape index (κ1) is 107. The maximum absolute atomic E-state index is 13.8. The van der Waals surface area contributed by atoms with Gasteiger partial charge in [0, 0.05) is 34.1 Å². The van der Waals surface area contributed by atoms with Crippen molar-refractivity contribution < 1.29 is 262 Å². The van der Waals surface area contributed by atoms with Crippen molar-refractivity contribution in [3.05, 3.63) is 0 Å². The highest BCUT2D eigenvalue weighted by atomic mass is 16.8. The molecule has 9 heterocycles. The number of nitrogens with one attached hydrogen (secondary N) is 4. The molecule has 50 atom stereocenters. The van der Waals surface area contributed by atoms with Gasteiger partial charge in [-0.25, -0.2) is 4.79 Å². The fourth-order valence-corrected chi connectivity index (χ4v) is 16.2. The van der Waals surface area contributed by atoms with E-state index >= 15 is 0 Å². The van der Waals surface area contributed by atoms with Crippen molar-refractivity contribution in [1.29, 1.82) is 0 Å². The van der Waals surface area contributed by atoms with Crippen molar-refractivity contribution in [3.8, 4) is 0 Å². The quantitative estimate of drug-likeness (QED) is 0.0273. The second kappa shape index (κ2) is 46.8. The van der Waals surface area contributed by atoms with Gasteiger partial charge in [0.2, 0.25) is 23.6 Å². The van der Waals surface area contributed by atoms with E-state index in [0.29, 0.717) is 0 Å².